The number of hydrogen-bond donors (Lipinski definition) is 1. The summed E-state index contributed by atoms with van der Waals surface area (Å²) in [6.07, 6.45) is 1.08. The second-order valence-corrected chi connectivity index (χ2v) is 6.54. The molecule has 4 heteroatoms. The highest BCUT2D eigenvalue weighted by Gasteiger charge is 2.14. The lowest BCUT2D eigenvalue weighted by molar-refractivity contribution is 0.244. The van der Waals surface area contributed by atoms with Crippen LogP contribution in [-0.4, -0.2) is 44.7 Å². The molecular weight excluding hydrogens is 316 g/mol. The predicted molar refractivity (Wildman–Crippen MR) is 87.8 cm³/mol. The van der Waals surface area contributed by atoms with Crippen molar-refractivity contribution in [2.45, 2.75) is 26.2 Å². The highest BCUT2D eigenvalue weighted by molar-refractivity contribution is 9.10. The number of methoxy groups -OCH3 is 1. The van der Waals surface area contributed by atoms with Crippen LogP contribution in [0, 0.1) is 0 Å². The van der Waals surface area contributed by atoms with Gasteiger partial charge in [0.2, 0.25) is 0 Å². The molecule has 1 aromatic carbocycles. The van der Waals surface area contributed by atoms with Gasteiger partial charge in [-0.3, -0.25) is 0 Å². The first kappa shape index (κ1) is 15.8. The molecule has 0 aromatic heterocycles. The van der Waals surface area contributed by atoms with Crippen LogP contribution in [0.25, 0.3) is 0 Å². The average molecular weight is 341 g/mol. The summed E-state index contributed by atoms with van der Waals surface area (Å²) in [7, 11) is 1.76. The van der Waals surface area contributed by atoms with Crippen molar-refractivity contribution in [1.29, 1.82) is 0 Å². The highest BCUT2D eigenvalue weighted by atomic mass is 79.9. The van der Waals surface area contributed by atoms with Crippen LogP contribution in [0.2, 0.25) is 0 Å². The highest BCUT2D eigenvalue weighted by Crippen LogP contribution is 2.34. The zero-order valence-corrected chi connectivity index (χ0v) is 14.3. The van der Waals surface area contributed by atoms with Gasteiger partial charge in [-0.05, 0) is 30.0 Å². The maximum absolute atomic E-state index is 5.57. The average Bonchev–Trinajstić information content (AvgIpc) is 2.45. The van der Waals surface area contributed by atoms with Crippen molar-refractivity contribution in [3.8, 4) is 5.75 Å². The third-order valence-corrected chi connectivity index (χ3v) is 4.53. The van der Waals surface area contributed by atoms with Crippen molar-refractivity contribution in [2.75, 3.05) is 39.8 Å². The van der Waals surface area contributed by atoms with E-state index in [0.29, 0.717) is 5.92 Å². The smallest absolute Gasteiger partial charge is 0.123 e. The van der Waals surface area contributed by atoms with E-state index < -0.39 is 0 Å². The lowest BCUT2D eigenvalue weighted by atomic mass is 9.99. The Morgan fingerprint density at radius 3 is 2.60 bits per heavy atom. The molecule has 0 bridgehead atoms. The molecule has 3 nitrogen and oxygen atoms in total. The Morgan fingerprint density at radius 2 is 2.00 bits per heavy atom. The molecule has 0 unspecified atom stereocenters. The molecule has 1 aliphatic heterocycles. The van der Waals surface area contributed by atoms with Crippen molar-refractivity contribution in [1.82, 2.24) is 10.2 Å². The molecule has 1 N–H and O–H groups in total. The van der Waals surface area contributed by atoms with Gasteiger partial charge in [0.15, 0.2) is 0 Å². The third kappa shape index (κ3) is 3.96. The molecule has 0 radical (unpaired) electrons. The Kier molecular flexibility index (Phi) is 5.87. The fraction of sp³-hybridized carbons (Fsp3) is 0.625. The zero-order chi connectivity index (χ0) is 14.5. The molecule has 0 saturated carbocycles. The summed E-state index contributed by atoms with van der Waals surface area (Å²) < 4.78 is 6.74. The third-order valence-electron chi connectivity index (χ3n) is 3.87. The van der Waals surface area contributed by atoms with E-state index in [1.54, 1.807) is 7.11 Å². The van der Waals surface area contributed by atoms with E-state index in [0.717, 1.165) is 44.9 Å². The summed E-state index contributed by atoms with van der Waals surface area (Å²) in [5, 5.41) is 3.39. The minimum absolute atomic E-state index is 0.460. The molecule has 20 heavy (non-hydrogen) atoms. The van der Waals surface area contributed by atoms with Crippen molar-refractivity contribution in [3.05, 3.63) is 27.7 Å². The summed E-state index contributed by atoms with van der Waals surface area (Å²) >= 11 is 3.70. The Morgan fingerprint density at radius 1 is 1.30 bits per heavy atom. The summed E-state index contributed by atoms with van der Waals surface area (Å²) in [6, 6.07) is 4.45. The van der Waals surface area contributed by atoms with Gasteiger partial charge in [0, 0.05) is 42.8 Å². The molecule has 0 atom stereocenters. The number of nitrogens with one attached hydrogen (secondary N) is 1. The van der Waals surface area contributed by atoms with Crippen molar-refractivity contribution >= 4 is 15.9 Å². The molecule has 0 spiro atoms. The fourth-order valence-corrected chi connectivity index (χ4v) is 3.69. The lowest BCUT2D eigenvalue weighted by Crippen LogP contribution is -2.44. The van der Waals surface area contributed by atoms with Gasteiger partial charge in [0.1, 0.15) is 5.75 Å². The van der Waals surface area contributed by atoms with Crippen LogP contribution in [0.4, 0.5) is 0 Å². The summed E-state index contributed by atoms with van der Waals surface area (Å²) in [5.74, 6) is 1.46. The van der Waals surface area contributed by atoms with Crippen LogP contribution in [0.1, 0.15) is 30.9 Å². The van der Waals surface area contributed by atoms with Gasteiger partial charge in [-0.25, -0.2) is 0 Å². The Balaban J connectivity index is 2.06. The van der Waals surface area contributed by atoms with Crippen LogP contribution < -0.4 is 10.1 Å². The predicted octanol–water partition coefficient (Wildman–Crippen LogP) is 3.03. The van der Waals surface area contributed by atoms with Crippen LogP contribution in [-0.2, 0) is 6.42 Å². The zero-order valence-electron chi connectivity index (χ0n) is 12.7. The number of nitrogens with zero attached hydrogens (tertiary/aromatic N) is 1. The number of rotatable bonds is 5. The topological polar surface area (TPSA) is 24.5 Å². The first-order chi connectivity index (χ1) is 9.61. The lowest BCUT2D eigenvalue weighted by Gasteiger charge is -2.27. The van der Waals surface area contributed by atoms with E-state index in [1.165, 1.54) is 15.6 Å². The monoisotopic (exact) mass is 340 g/mol. The van der Waals surface area contributed by atoms with Crippen LogP contribution in [0.5, 0.6) is 5.75 Å². The molecule has 112 valence electrons. The van der Waals surface area contributed by atoms with E-state index in [-0.39, 0.29) is 0 Å². The van der Waals surface area contributed by atoms with E-state index in [4.69, 9.17) is 4.74 Å². The summed E-state index contributed by atoms with van der Waals surface area (Å²) in [4.78, 5) is 2.52. The normalized spacial score (nSPS) is 16.6. The first-order valence-corrected chi connectivity index (χ1v) is 8.20. The minimum Gasteiger partial charge on any atom is -0.496 e. The molecular formula is C16H25BrN2O. The fourth-order valence-electron chi connectivity index (χ4n) is 2.74. The standard InChI is InChI=1S/C16H25BrN2O/c1-12(2)16-14(17)10-13(11-15(16)20-3)4-7-19-8-5-18-6-9-19/h10-12,18H,4-9H2,1-3H3. The summed E-state index contributed by atoms with van der Waals surface area (Å²) in [5.41, 5.74) is 2.61. The van der Waals surface area contributed by atoms with E-state index in [1.807, 2.05) is 0 Å². The van der Waals surface area contributed by atoms with E-state index in [9.17, 15) is 0 Å². The molecule has 0 aliphatic carbocycles. The van der Waals surface area contributed by atoms with Gasteiger partial charge in [-0.15, -0.1) is 0 Å². The number of benzene rings is 1. The Labute approximate surface area is 130 Å². The summed E-state index contributed by atoms with van der Waals surface area (Å²) in [6.45, 7) is 10.0. The van der Waals surface area contributed by atoms with Crippen molar-refractivity contribution in [2.24, 2.45) is 0 Å². The SMILES string of the molecule is COc1cc(CCN2CCNCC2)cc(Br)c1C(C)C. The first-order valence-electron chi connectivity index (χ1n) is 7.41. The van der Waals surface area contributed by atoms with Crippen LogP contribution in [0.15, 0.2) is 16.6 Å². The van der Waals surface area contributed by atoms with Gasteiger partial charge in [0.25, 0.3) is 0 Å². The van der Waals surface area contributed by atoms with Crippen molar-refractivity contribution < 1.29 is 4.74 Å². The quantitative estimate of drug-likeness (QED) is 0.891. The number of halogens is 1. The van der Waals surface area contributed by atoms with Gasteiger partial charge < -0.3 is 15.0 Å². The number of ether oxygens (including phenoxy) is 1. The Bertz CT molecular complexity index is 442. The van der Waals surface area contributed by atoms with Gasteiger partial charge in [-0.2, -0.15) is 0 Å². The van der Waals surface area contributed by atoms with Gasteiger partial charge in [-0.1, -0.05) is 29.8 Å². The van der Waals surface area contributed by atoms with E-state index in [2.05, 4.69) is 52.1 Å². The van der Waals surface area contributed by atoms with E-state index >= 15 is 0 Å². The van der Waals surface area contributed by atoms with Gasteiger partial charge in [0.05, 0.1) is 7.11 Å². The largest absolute Gasteiger partial charge is 0.496 e. The molecule has 2 rings (SSSR count). The van der Waals surface area contributed by atoms with Crippen LogP contribution in [0.3, 0.4) is 0 Å². The molecule has 1 heterocycles. The van der Waals surface area contributed by atoms with Crippen molar-refractivity contribution in [3.63, 3.8) is 0 Å². The maximum atomic E-state index is 5.57. The van der Waals surface area contributed by atoms with Crippen LogP contribution >= 0.6 is 15.9 Å². The van der Waals surface area contributed by atoms with Gasteiger partial charge >= 0.3 is 0 Å². The second-order valence-electron chi connectivity index (χ2n) is 5.69. The maximum Gasteiger partial charge on any atom is 0.123 e. The molecule has 1 saturated heterocycles. The minimum atomic E-state index is 0.460. The molecule has 1 aromatic rings. The Hall–Kier alpha value is -0.580. The molecule has 1 aliphatic rings. The molecule has 1 fully saturated rings. The number of hydrogen-bond acceptors (Lipinski definition) is 3. The molecule has 0 amide bonds. The number of piperazine rings is 1. The second kappa shape index (κ2) is 7.43.